The molecule has 3 N–H and O–H groups in total. The van der Waals surface area contributed by atoms with Crippen LogP contribution in [0.3, 0.4) is 0 Å². The second kappa shape index (κ2) is 5.73. The highest BCUT2D eigenvalue weighted by atomic mass is 79.9. The Morgan fingerprint density at radius 2 is 2.05 bits per heavy atom. The van der Waals surface area contributed by atoms with E-state index in [1.165, 1.54) is 12.1 Å². The van der Waals surface area contributed by atoms with E-state index in [4.69, 9.17) is 5.84 Å². The first-order chi connectivity index (χ1) is 9.04. The van der Waals surface area contributed by atoms with E-state index in [1.54, 1.807) is 18.3 Å². The molecule has 1 aromatic carbocycles. The molecule has 0 fully saturated rings. The Balaban J connectivity index is 2.57. The van der Waals surface area contributed by atoms with Crippen molar-refractivity contribution in [2.75, 3.05) is 0 Å². The maximum absolute atomic E-state index is 14.1. The molecule has 0 radical (unpaired) electrons. The average molecular weight is 328 g/mol. The molecule has 1 heterocycles. The maximum atomic E-state index is 14.1. The molecule has 0 bridgehead atoms. The van der Waals surface area contributed by atoms with Gasteiger partial charge in [-0.15, -0.1) is 0 Å². The Labute approximate surface area is 117 Å². The zero-order chi connectivity index (χ0) is 14.0. The van der Waals surface area contributed by atoms with Gasteiger partial charge in [-0.05, 0) is 52.7 Å². The van der Waals surface area contributed by atoms with Gasteiger partial charge < -0.3 is 0 Å². The number of hydrogen-bond donors (Lipinski definition) is 2. The van der Waals surface area contributed by atoms with Crippen molar-refractivity contribution in [3.05, 3.63) is 63.4 Å². The molecule has 0 aliphatic carbocycles. The number of aromatic nitrogens is 1. The van der Waals surface area contributed by atoms with Gasteiger partial charge in [-0.1, -0.05) is 0 Å². The minimum absolute atomic E-state index is 0.157. The lowest BCUT2D eigenvalue weighted by molar-refractivity contribution is 0.502. The van der Waals surface area contributed by atoms with Crippen LogP contribution in [0.2, 0.25) is 0 Å². The number of nitrogens with two attached hydrogens (primary N) is 1. The van der Waals surface area contributed by atoms with Crippen molar-refractivity contribution in [2.45, 2.75) is 13.0 Å². The maximum Gasteiger partial charge on any atom is 0.145 e. The van der Waals surface area contributed by atoms with Gasteiger partial charge in [0.2, 0.25) is 0 Å². The van der Waals surface area contributed by atoms with E-state index >= 15 is 0 Å². The van der Waals surface area contributed by atoms with Crippen molar-refractivity contribution < 1.29 is 8.78 Å². The van der Waals surface area contributed by atoms with Gasteiger partial charge in [-0.25, -0.2) is 14.2 Å². The quantitative estimate of drug-likeness (QED) is 0.517. The van der Waals surface area contributed by atoms with Crippen molar-refractivity contribution in [3.63, 3.8) is 0 Å². The van der Waals surface area contributed by atoms with Crippen LogP contribution in [-0.4, -0.2) is 4.98 Å². The fourth-order valence-electron chi connectivity index (χ4n) is 1.84. The molecule has 100 valence electrons. The summed E-state index contributed by atoms with van der Waals surface area (Å²) in [5.74, 6) is 4.07. The number of halogens is 3. The van der Waals surface area contributed by atoms with E-state index in [9.17, 15) is 8.78 Å². The molecule has 3 nitrogen and oxygen atoms in total. The first kappa shape index (κ1) is 14.0. The Kier molecular flexibility index (Phi) is 4.24. The van der Waals surface area contributed by atoms with E-state index in [2.05, 4.69) is 26.3 Å². The van der Waals surface area contributed by atoms with Crippen LogP contribution in [0.4, 0.5) is 8.78 Å². The first-order valence-corrected chi connectivity index (χ1v) is 6.36. The molecule has 0 saturated heterocycles. The van der Waals surface area contributed by atoms with E-state index < -0.39 is 17.7 Å². The Morgan fingerprint density at radius 3 is 2.68 bits per heavy atom. The second-order valence-electron chi connectivity index (χ2n) is 4.11. The van der Waals surface area contributed by atoms with Crippen molar-refractivity contribution in [3.8, 4) is 0 Å². The molecular weight excluding hydrogens is 316 g/mol. The highest BCUT2D eigenvalue weighted by Gasteiger charge is 2.23. The van der Waals surface area contributed by atoms with Crippen molar-refractivity contribution in [1.82, 2.24) is 10.4 Å². The van der Waals surface area contributed by atoms with Gasteiger partial charge in [0, 0.05) is 11.8 Å². The highest BCUT2D eigenvalue weighted by molar-refractivity contribution is 9.10. The molecule has 0 spiro atoms. The molecule has 1 aromatic heterocycles. The third kappa shape index (κ3) is 2.80. The lowest BCUT2D eigenvalue weighted by Gasteiger charge is -2.18. The largest absolute Gasteiger partial charge is 0.271 e. The van der Waals surface area contributed by atoms with Crippen LogP contribution in [-0.2, 0) is 0 Å². The van der Waals surface area contributed by atoms with Gasteiger partial charge in [-0.3, -0.25) is 10.8 Å². The monoisotopic (exact) mass is 327 g/mol. The van der Waals surface area contributed by atoms with Crippen LogP contribution in [0.25, 0.3) is 0 Å². The molecule has 0 aliphatic heterocycles. The predicted molar refractivity (Wildman–Crippen MR) is 72.2 cm³/mol. The molecule has 0 aliphatic rings. The summed E-state index contributed by atoms with van der Waals surface area (Å²) in [6.45, 7) is 1.87. The van der Waals surface area contributed by atoms with Crippen LogP contribution in [0.1, 0.15) is 22.9 Å². The Bertz CT molecular complexity index is 604. The van der Waals surface area contributed by atoms with Gasteiger partial charge in [0.25, 0.3) is 0 Å². The number of pyridine rings is 1. The third-order valence-electron chi connectivity index (χ3n) is 2.77. The van der Waals surface area contributed by atoms with Crippen molar-refractivity contribution in [2.24, 2.45) is 5.84 Å². The molecule has 6 heteroatoms. The van der Waals surface area contributed by atoms with Gasteiger partial charge in [-0.2, -0.15) is 0 Å². The van der Waals surface area contributed by atoms with Gasteiger partial charge in [0.15, 0.2) is 0 Å². The van der Waals surface area contributed by atoms with Crippen molar-refractivity contribution in [1.29, 1.82) is 0 Å². The number of benzene rings is 1. The Morgan fingerprint density at radius 1 is 1.32 bits per heavy atom. The highest BCUT2D eigenvalue weighted by Crippen LogP contribution is 2.29. The molecule has 1 unspecified atom stereocenters. The summed E-state index contributed by atoms with van der Waals surface area (Å²) < 4.78 is 28.1. The second-order valence-corrected chi connectivity index (χ2v) is 4.97. The molecule has 19 heavy (non-hydrogen) atoms. The van der Waals surface area contributed by atoms with Crippen LogP contribution in [0, 0.1) is 18.6 Å². The summed E-state index contributed by atoms with van der Waals surface area (Å²) in [4.78, 5) is 4.11. The zero-order valence-corrected chi connectivity index (χ0v) is 11.7. The zero-order valence-electron chi connectivity index (χ0n) is 10.1. The summed E-state index contributed by atoms with van der Waals surface area (Å²) in [5, 5.41) is 0. The number of rotatable bonds is 3. The number of aryl methyl sites for hydroxylation is 1. The fraction of sp³-hybridized carbons (Fsp3) is 0.154. The number of nitrogens with one attached hydrogen (secondary N) is 1. The number of hydrogen-bond acceptors (Lipinski definition) is 3. The first-order valence-electron chi connectivity index (χ1n) is 5.56. The summed E-state index contributed by atoms with van der Waals surface area (Å²) in [6, 6.07) is 5.17. The molecule has 1 atom stereocenters. The lowest BCUT2D eigenvalue weighted by Crippen LogP contribution is -2.31. The van der Waals surface area contributed by atoms with Gasteiger partial charge >= 0.3 is 0 Å². The summed E-state index contributed by atoms with van der Waals surface area (Å²) in [7, 11) is 0. The standard InChI is InChI=1S/C13H12BrF2N3/c1-7-4-5-18-10(6-7)13(19-17)11-9(15)3-2-8(14)12(11)16/h2-6,13,19H,17H2,1H3. The van der Waals surface area contributed by atoms with E-state index in [1.807, 2.05) is 6.92 Å². The topological polar surface area (TPSA) is 50.9 Å². The minimum atomic E-state index is -0.850. The fourth-order valence-corrected chi connectivity index (χ4v) is 2.19. The van der Waals surface area contributed by atoms with Crippen LogP contribution < -0.4 is 11.3 Å². The van der Waals surface area contributed by atoms with E-state index in [0.29, 0.717) is 5.69 Å². The van der Waals surface area contributed by atoms with Crippen molar-refractivity contribution >= 4 is 15.9 Å². The summed E-state index contributed by atoms with van der Waals surface area (Å²) in [6.07, 6.45) is 1.57. The SMILES string of the molecule is Cc1ccnc(C(NN)c2c(F)ccc(Br)c2F)c1. The predicted octanol–water partition coefficient (Wildman–Crippen LogP) is 2.98. The molecule has 0 amide bonds. The average Bonchev–Trinajstić information content (AvgIpc) is 2.39. The van der Waals surface area contributed by atoms with E-state index in [0.717, 1.165) is 5.56 Å². The molecule has 2 aromatic rings. The molecule has 2 rings (SSSR count). The van der Waals surface area contributed by atoms with Crippen LogP contribution in [0.15, 0.2) is 34.9 Å². The van der Waals surface area contributed by atoms with Crippen LogP contribution >= 0.6 is 15.9 Å². The normalized spacial score (nSPS) is 12.5. The van der Waals surface area contributed by atoms with E-state index in [-0.39, 0.29) is 10.0 Å². The van der Waals surface area contributed by atoms with Gasteiger partial charge in [0.05, 0.1) is 16.2 Å². The molecular formula is C13H12BrF2N3. The number of hydrazine groups is 1. The summed E-state index contributed by atoms with van der Waals surface area (Å²) in [5.41, 5.74) is 3.64. The minimum Gasteiger partial charge on any atom is -0.271 e. The Hall–Kier alpha value is -1.37. The lowest BCUT2D eigenvalue weighted by atomic mass is 10.0. The summed E-state index contributed by atoms with van der Waals surface area (Å²) >= 11 is 3.03. The number of nitrogens with zero attached hydrogens (tertiary/aromatic N) is 1. The van der Waals surface area contributed by atoms with Gasteiger partial charge in [0.1, 0.15) is 11.6 Å². The van der Waals surface area contributed by atoms with Crippen LogP contribution in [0.5, 0.6) is 0 Å². The molecule has 0 saturated carbocycles. The third-order valence-corrected chi connectivity index (χ3v) is 3.38. The smallest absolute Gasteiger partial charge is 0.145 e.